The van der Waals surface area contributed by atoms with Crippen molar-refractivity contribution in [2.24, 2.45) is 0 Å². The molecular formula is C25H26FN3O2S. The number of aryl methyl sites for hydroxylation is 1. The van der Waals surface area contributed by atoms with Crippen molar-refractivity contribution in [1.82, 2.24) is 9.88 Å². The zero-order chi connectivity index (χ0) is 22.7. The van der Waals surface area contributed by atoms with Gasteiger partial charge in [0.05, 0.1) is 31.0 Å². The molecule has 0 unspecified atom stereocenters. The van der Waals surface area contributed by atoms with E-state index in [2.05, 4.69) is 15.2 Å². The Labute approximate surface area is 193 Å². The van der Waals surface area contributed by atoms with Gasteiger partial charge in [0.15, 0.2) is 5.11 Å². The zero-order valence-corrected chi connectivity index (χ0v) is 19.2. The number of rotatable bonds is 5. The molecule has 1 saturated heterocycles. The number of methoxy groups -OCH3 is 2. The van der Waals surface area contributed by atoms with E-state index in [1.165, 1.54) is 0 Å². The summed E-state index contributed by atoms with van der Waals surface area (Å²) >= 11 is 5.76. The largest absolute Gasteiger partial charge is 0.497 e. The molecule has 1 atom stereocenters. The van der Waals surface area contributed by atoms with E-state index in [4.69, 9.17) is 21.7 Å². The topological polar surface area (TPSA) is 46.6 Å². The Bertz CT molecular complexity index is 1130. The van der Waals surface area contributed by atoms with Gasteiger partial charge in [-0.2, -0.15) is 0 Å². The standard InChI is InChI=1S/C25H26FN3O2S/c1-17-7-8-18(14-20(17)26)25(23-6-4-5-12-27-23)11-13-29(16-25)24(32)28-21-15-19(30-2)9-10-22(21)31-3/h4-10,12,14-15H,11,13,16H2,1-3H3,(H,28,32)/t25-/m1/s1. The summed E-state index contributed by atoms with van der Waals surface area (Å²) in [6.45, 7) is 3.07. The van der Waals surface area contributed by atoms with E-state index in [1.807, 2.05) is 48.5 Å². The third-order valence-corrected chi connectivity index (χ3v) is 6.44. The maximum atomic E-state index is 14.5. The smallest absolute Gasteiger partial charge is 0.173 e. The highest BCUT2D eigenvalue weighted by Gasteiger charge is 2.43. The van der Waals surface area contributed by atoms with Crippen molar-refractivity contribution in [2.75, 3.05) is 32.6 Å². The van der Waals surface area contributed by atoms with Gasteiger partial charge in [0, 0.05) is 25.4 Å². The van der Waals surface area contributed by atoms with Crippen molar-refractivity contribution in [3.05, 3.63) is 83.4 Å². The first kappa shape index (κ1) is 22.0. The SMILES string of the molecule is COc1ccc(OC)c(NC(=S)N2CC[C@@](c3ccc(C)c(F)c3)(c3ccccn3)C2)c1. The van der Waals surface area contributed by atoms with Crippen molar-refractivity contribution in [1.29, 1.82) is 0 Å². The van der Waals surface area contributed by atoms with Crippen molar-refractivity contribution in [3.8, 4) is 11.5 Å². The Morgan fingerprint density at radius 3 is 2.66 bits per heavy atom. The predicted octanol–water partition coefficient (Wildman–Crippen LogP) is 4.94. The van der Waals surface area contributed by atoms with Crippen LogP contribution in [0.3, 0.4) is 0 Å². The Morgan fingerprint density at radius 2 is 1.97 bits per heavy atom. The van der Waals surface area contributed by atoms with Crippen LogP contribution in [-0.4, -0.2) is 42.3 Å². The van der Waals surface area contributed by atoms with Crippen molar-refractivity contribution >= 4 is 23.0 Å². The summed E-state index contributed by atoms with van der Waals surface area (Å²) in [5.74, 6) is 1.16. The average Bonchev–Trinajstić information content (AvgIpc) is 3.28. The number of anilines is 1. The minimum absolute atomic E-state index is 0.210. The molecule has 166 valence electrons. The van der Waals surface area contributed by atoms with Gasteiger partial charge in [-0.05, 0) is 67.0 Å². The average molecular weight is 452 g/mol. The van der Waals surface area contributed by atoms with Crippen LogP contribution in [0.4, 0.5) is 10.1 Å². The number of nitrogens with zero attached hydrogens (tertiary/aromatic N) is 2. The van der Waals surface area contributed by atoms with E-state index in [0.717, 1.165) is 23.4 Å². The Hall–Kier alpha value is -3.19. The van der Waals surface area contributed by atoms with Gasteiger partial charge in [-0.15, -0.1) is 0 Å². The lowest BCUT2D eigenvalue weighted by atomic mass is 9.76. The summed E-state index contributed by atoms with van der Waals surface area (Å²) in [4.78, 5) is 6.74. The van der Waals surface area contributed by atoms with Crippen LogP contribution in [-0.2, 0) is 5.41 Å². The van der Waals surface area contributed by atoms with Crippen LogP contribution in [0.5, 0.6) is 11.5 Å². The molecule has 1 aliphatic rings. The van der Waals surface area contributed by atoms with Crippen LogP contribution in [0.1, 0.15) is 23.2 Å². The van der Waals surface area contributed by atoms with Crippen LogP contribution in [0.15, 0.2) is 60.8 Å². The first-order valence-corrected chi connectivity index (χ1v) is 10.8. The molecular weight excluding hydrogens is 425 g/mol. The fourth-order valence-corrected chi connectivity index (χ4v) is 4.48. The maximum absolute atomic E-state index is 14.5. The van der Waals surface area contributed by atoms with Crippen LogP contribution < -0.4 is 14.8 Å². The van der Waals surface area contributed by atoms with Crippen molar-refractivity contribution < 1.29 is 13.9 Å². The van der Waals surface area contributed by atoms with E-state index in [-0.39, 0.29) is 5.82 Å². The van der Waals surface area contributed by atoms with E-state index < -0.39 is 5.41 Å². The van der Waals surface area contributed by atoms with Gasteiger partial charge >= 0.3 is 0 Å². The Kier molecular flexibility index (Phi) is 6.28. The van der Waals surface area contributed by atoms with Gasteiger partial charge < -0.3 is 19.7 Å². The van der Waals surface area contributed by atoms with Crippen LogP contribution >= 0.6 is 12.2 Å². The molecule has 5 nitrogen and oxygen atoms in total. The maximum Gasteiger partial charge on any atom is 0.173 e. The molecule has 1 N–H and O–H groups in total. The van der Waals surface area contributed by atoms with Gasteiger partial charge in [-0.1, -0.05) is 18.2 Å². The molecule has 7 heteroatoms. The molecule has 0 saturated carbocycles. The lowest BCUT2D eigenvalue weighted by molar-refractivity contribution is 0.404. The predicted molar refractivity (Wildman–Crippen MR) is 128 cm³/mol. The fourth-order valence-electron chi connectivity index (χ4n) is 4.22. The first-order valence-electron chi connectivity index (χ1n) is 10.4. The molecule has 0 aliphatic carbocycles. The molecule has 1 fully saturated rings. The summed E-state index contributed by atoms with van der Waals surface area (Å²) in [5.41, 5.74) is 2.71. The second-order valence-electron chi connectivity index (χ2n) is 7.93. The third kappa shape index (κ3) is 4.12. The highest BCUT2D eigenvalue weighted by atomic mass is 32.1. The van der Waals surface area contributed by atoms with Gasteiger partial charge in [0.25, 0.3) is 0 Å². The molecule has 2 aromatic carbocycles. The van der Waals surface area contributed by atoms with Crippen molar-refractivity contribution in [2.45, 2.75) is 18.8 Å². The van der Waals surface area contributed by atoms with E-state index >= 15 is 0 Å². The molecule has 2 heterocycles. The van der Waals surface area contributed by atoms with Gasteiger partial charge in [0.2, 0.25) is 0 Å². The van der Waals surface area contributed by atoms with E-state index in [0.29, 0.717) is 35.3 Å². The molecule has 3 aromatic rings. The minimum Gasteiger partial charge on any atom is -0.497 e. The molecule has 0 amide bonds. The van der Waals surface area contributed by atoms with Crippen LogP contribution in [0, 0.1) is 12.7 Å². The number of nitrogens with one attached hydrogen (secondary N) is 1. The summed E-state index contributed by atoms with van der Waals surface area (Å²) < 4.78 is 25.3. The zero-order valence-electron chi connectivity index (χ0n) is 18.4. The number of likely N-dealkylation sites (tertiary alicyclic amines) is 1. The molecule has 0 spiro atoms. The lowest BCUT2D eigenvalue weighted by Crippen LogP contribution is -2.38. The van der Waals surface area contributed by atoms with Gasteiger partial charge in [-0.25, -0.2) is 4.39 Å². The lowest BCUT2D eigenvalue weighted by Gasteiger charge is -2.30. The fraction of sp³-hybridized carbons (Fsp3) is 0.280. The molecule has 4 rings (SSSR count). The number of ether oxygens (including phenoxy) is 2. The van der Waals surface area contributed by atoms with Crippen molar-refractivity contribution in [3.63, 3.8) is 0 Å². The minimum atomic E-state index is -0.458. The second kappa shape index (κ2) is 9.12. The summed E-state index contributed by atoms with van der Waals surface area (Å²) in [6, 6.07) is 16.8. The summed E-state index contributed by atoms with van der Waals surface area (Å²) in [7, 11) is 3.23. The highest BCUT2D eigenvalue weighted by Crippen LogP contribution is 2.41. The normalized spacial score (nSPS) is 17.8. The number of hydrogen-bond donors (Lipinski definition) is 1. The van der Waals surface area contributed by atoms with Gasteiger partial charge in [-0.3, -0.25) is 4.98 Å². The van der Waals surface area contributed by atoms with Gasteiger partial charge in [0.1, 0.15) is 17.3 Å². The quantitative estimate of drug-likeness (QED) is 0.555. The Balaban J connectivity index is 1.65. The van der Waals surface area contributed by atoms with E-state index in [9.17, 15) is 4.39 Å². The number of halogens is 1. The van der Waals surface area contributed by atoms with E-state index in [1.54, 1.807) is 33.4 Å². The third-order valence-electron chi connectivity index (χ3n) is 6.08. The summed E-state index contributed by atoms with van der Waals surface area (Å²) in [6.07, 6.45) is 2.55. The molecule has 32 heavy (non-hydrogen) atoms. The number of aromatic nitrogens is 1. The first-order chi connectivity index (χ1) is 15.5. The Morgan fingerprint density at radius 1 is 1.12 bits per heavy atom. The number of benzene rings is 2. The van der Waals surface area contributed by atoms with Crippen LogP contribution in [0.2, 0.25) is 0 Å². The number of thiocarbonyl (C=S) groups is 1. The van der Waals surface area contributed by atoms with Crippen LogP contribution in [0.25, 0.3) is 0 Å². The number of hydrogen-bond acceptors (Lipinski definition) is 4. The number of pyridine rings is 1. The molecule has 1 aromatic heterocycles. The molecule has 0 bridgehead atoms. The monoisotopic (exact) mass is 451 g/mol. The molecule has 1 aliphatic heterocycles. The highest BCUT2D eigenvalue weighted by molar-refractivity contribution is 7.80. The second-order valence-corrected chi connectivity index (χ2v) is 8.32. The molecule has 0 radical (unpaired) electrons. The summed E-state index contributed by atoms with van der Waals surface area (Å²) in [5, 5.41) is 3.87.